The van der Waals surface area contributed by atoms with Gasteiger partial charge in [-0.1, -0.05) is 24.2 Å². The summed E-state index contributed by atoms with van der Waals surface area (Å²) in [7, 11) is 1.35. The van der Waals surface area contributed by atoms with Crippen LogP contribution in [-0.4, -0.2) is 30.5 Å². The molecule has 0 aliphatic heterocycles. The molecule has 0 saturated heterocycles. The highest BCUT2D eigenvalue weighted by Crippen LogP contribution is 2.33. The summed E-state index contributed by atoms with van der Waals surface area (Å²) in [6.45, 7) is -0.306. The van der Waals surface area contributed by atoms with E-state index in [1.54, 1.807) is 6.07 Å². The number of aromatic nitrogens is 2. The number of hydrogen-bond acceptors (Lipinski definition) is 7. The van der Waals surface area contributed by atoms with Gasteiger partial charge in [0.1, 0.15) is 0 Å². The van der Waals surface area contributed by atoms with Gasteiger partial charge in [-0.25, -0.2) is 0 Å². The van der Waals surface area contributed by atoms with Crippen LogP contribution in [0.1, 0.15) is 19.2 Å². The molecule has 0 aliphatic carbocycles. The molecule has 0 N–H and O–H groups in total. The maximum absolute atomic E-state index is 12.4. The van der Waals surface area contributed by atoms with Crippen molar-refractivity contribution in [2.75, 3.05) is 13.7 Å². The smallest absolute Gasteiger partial charge is 0.387 e. The Bertz CT molecular complexity index is 933. The van der Waals surface area contributed by atoms with Crippen molar-refractivity contribution in [2.24, 2.45) is 0 Å². The van der Waals surface area contributed by atoms with Crippen molar-refractivity contribution < 1.29 is 32.3 Å². The molecular formula is C20H20F2N2O5. The van der Waals surface area contributed by atoms with Crippen LogP contribution in [0.25, 0.3) is 11.4 Å². The molecule has 29 heavy (non-hydrogen) atoms. The topological polar surface area (TPSA) is 75.8 Å². The van der Waals surface area contributed by atoms with Crippen molar-refractivity contribution in [3.8, 4) is 34.4 Å². The number of para-hydroxylation sites is 2. The fourth-order valence-corrected chi connectivity index (χ4v) is 2.47. The number of methoxy groups -OCH3 is 1. The summed E-state index contributed by atoms with van der Waals surface area (Å²) >= 11 is 0. The standard InChI is InChI=1S/C20H20F2N2O5/c1-3-10-26-14-6-4-5-7-15(14)27-12-18-23-19(24-29-18)13-8-9-16(28-20(21)22)17(11-13)25-2/h4-9,11,20H,3,10,12H2,1-2H3. The highest BCUT2D eigenvalue weighted by molar-refractivity contribution is 5.60. The first-order valence-corrected chi connectivity index (χ1v) is 8.91. The van der Waals surface area contributed by atoms with Crippen LogP contribution in [0.5, 0.6) is 23.0 Å². The van der Waals surface area contributed by atoms with E-state index in [1.165, 1.54) is 25.3 Å². The predicted molar refractivity (Wildman–Crippen MR) is 99.5 cm³/mol. The van der Waals surface area contributed by atoms with Crippen molar-refractivity contribution in [1.82, 2.24) is 10.1 Å². The first-order chi connectivity index (χ1) is 14.1. The van der Waals surface area contributed by atoms with Gasteiger partial charge < -0.3 is 23.5 Å². The number of nitrogens with zero attached hydrogens (tertiary/aromatic N) is 2. The Kier molecular flexibility index (Phi) is 6.83. The Hall–Kier alpha value is -3.36. The second kappa shape index (κ2) is 9.72. The summed E-state index contributed by atoms with van der Waals surface area (Å²) in [6.07, 6.45) is 0.881. The van der Waals surface area contributed by atoms with E-state index >= 15 is 0 Å². The molecule has 9 heteroatoms. The van der Waals surface area contributed by atoms with Gasteiger partial charge in [-0.15, -0.1) is 0 Å². The number of hydrogen-bond donors (Lipinski definition) is 0. The van der Waals surface area contributed by atoms with Crippen molar-refractivity contribution in [3.05, 3.63) is 48.4 Å². The molecule has 1 heterocycles. The van der Waals surface area contributed by atoms with Crippen LogP contribution in [0.15, 0.2) is 47.0 Å². The normalized spacial score (nSPS) is 10.8. The highest BCUT2D eigenvalue weighted by atomic mass is 19.3. The molecule has 0 radical (unpaired) electrons. The zero-order valence-electron chi connectivity index (χ0n) is 15.9. The molecule has 0 atom stereocenters. The summed E-state index contributed by atoms with van der Waals surface area (Å²) < 4.78 is 51.0. The van der Waals surface area contributed by atoms with E-state index in [1.807, 2.05) is 25.1 Å². The van der Waals surface area contributed by atoms with E-state index in [0.29, 0.717) is 23.7 Å². The monoisotopic (exact) mass is 406 g/mol. The number of alkyl halides is 2. The molecule has 1 aromatic heterocycles. The molecule has 0 unspecified atom stereocenters. The fourth-order valence-electron chi connectivity index (χ4n) is 2.47. The molecule has 0 saturated carbocycles. The van der Waals surface area contributed by atoms with Crippen LogP contribution < -0.4 is 18.9 Å². The Morgan fingerprint density at radius 3 is 2.45 bits per heavy atom. The number of ether oxygens (including phenoxy) is 4. The van der Waals surface area contributed by atoms with Crippen molar-refractivity contribution >= 4 is 0 Å². The Morgan fingerprint density at radius 1 is 1.00 bits per heavy atom. The minimum absolute atomic E-state index is 0.0449. The van der Waals surface area contributed by atoms with E-state index in [2.05, 4.69) is 14.9 Å². The van der Waals surface area contributed by atoms with Gasteiger partial charge in [0, 0.05) is 5.56 Å². The van der Waals surface area contributed by atoms with Gasteiger partial charge in [0.2, 0.25) is 5.82 Å². The number of benzene rings is 2. The average molecular weight is 406 g/mol. The lowest BCUT2D eigenvalue weighted by atomic mass is 10.2. The van der Waals surface area contributed by atoms with E-state index in [-0.39, 0.29) is 29.8 Å². The van der Waals surface area contributed by atoms with E-state index in [4.69, 9.17) is 18.7 Å². The van der Waals surface area contributed by atoms with Crippen LogP contribution in [0.3, 0.4) is 0 Å². The lowest BCUT2D eigenvalue weighted by molar-refractivity contribution is -0.0512. The molecule has 3 rings (SSSR count). The molecule has 154 valence electrons. The molecule has 2 aromatic carbocycles. The Labute approximate surface area is 166 Å². The third kappa shape index (κ3) is 5.34. The van der Waals surface area contributed by atoms with Gasteiger partial charge in [-0.3, -0.25) is 0 Å². The van der Waals surface area contributed by atoms with Crippen molar-refractivity contribution in [1.29, 1.82) is 0 Å². The maximum atomic E-state index is 12.4. The van der Waals surface area contributed by atoms with Crippen LogP contribution in [-0.2, 0) is 6.61 Å². The zero-order valence-corrected chi connectivity index (χ0v) is 15.9. The van der Waals surface area contributed by atoms with Gasteiger partial charge in [0.15, 0.2) is 29.6 Å². The summed E-state index contributed by atoms with van der Waals surface area (Å²) in [6, 6.07) is 11.7. The maximum Gasteiger partial charge on any atom is 0.387 e. The molecule has 0 spiro atoms. The Morgan fingerprint density at radius 2 is 1.76 bits per heavy atom. The highest BCUT2D eigenvalue weighted by Gasteiger charge is 2.15. The molecular weight excluding hydrogens is 386 g/mol. The molecule has 7 nitrogen and oxygen atoms in total. The van der Waals surface area contributed by atoms with Gasteiger partial charge >= 0.3 is 6.61 Å². The SMILES string of the molecule is CCCOc1ccccc1OCc1nc(-c2ccc(OC(F)F)c(OC)c2)no1. The second-order valence-electron chi connectivity index (χ2n) is 5.84. The minimum atomic E-state index is -2.95. The van der Waals surface area contributed by atoms with Crippen LogP contribution in [0.2, 0.25) is 0 Å². The second-order valence-corrected chi connectivity index (χ2v) is 5.84. The van der Waals surface area contributed by atoms with Gasteiger partial charge in [0.05, 0.1) is 13.7 Å². The number of halogens is 2. The lowest BCUT2D eigenvalue weighted by Crippen LogP contribution is -2.03. The van der Waals surface area contributed by atoms with Crippen LogP contribution >= 0.6 is 0 Å². The molecule has 0 fully saturated rings. The van der Waals surface area contributed by atoms with E-state index in [0.717, 1.165) is 6.42 Å². The van der Waals surface area contributed by atoms with Crippen LogP contribution in [0, 0.1) is 0 Å². The summed E-state index contributed by atoms with van der Waals surface area (Å²) in [5, 5.41) is 3.89. The first kappa shape index (κ1) is 20.4. The minimum Gasteiger partial charge on any atom is -0.493 e. The van der Waals surface area contributed by atoms with E-state index in [9.17, 15) is 8.78 Å². The quantitative estimate of drug-likeness (QED) is 0.482. The fraction of sp³-hybridized carbons (Fsp3) is 0.300. The average Bonchev–Trinajstić information content (AvgIpc) is 3.20. The van der Waals surface area contributed by atoms with E-state index < -0.39 is 6.61 Å². The Balaban J connectivity index is 1.70. The third-order valence-corrected chi connectivity index (χ3v) is 3.77. The summed E-state index contributed by atoms with van der Waals surface area (Å²) in [5.74, 6) is 1.76. The molecule has 0 amide bonds. The zero-order chi connectivity index (χ0) is 20.6. The summed E-state index contributed by atoms with van der Waals surface area (Å²) in [5.41, 5.74) is 0.519. The summed E-state index contributed by atoms with van der Waals surface area (Å²) in [4.78, 5) is 4.27. The van der Waals surface area contributed by atoms with Crippen molar-refractivity contribution in [2.45, 2.75) is 26.6 Å². The lowest BCUT2D eigenvalue weighted by Gasteiger charge is -2.10. The molecule has 0 aliphatic rings. The van der Waals surface area contributed by atoms with Gasteiger partial charge in [-0.2, -0.15) is 13.8 Å². The number of rotatable bonds is 10. The molecule has 0 bridgehead atoms. The molecule has 3 aromatic rings. The van der Waals surface area contributed by atoms with Gasteiger partial charge in [-0.05, 0) is 36.8 Å². The van der Waals surface area contributed by atoms with Crippen LogP contribution in [0.4, 0.5) is 8.78 Å². The van der Waals surface area contributed by atoms with Crippen molar-refractivity contribution in [3.63, 3.8) is 0 Å². The first-order valence-electron chi connectivity index (χ1n) is 8.91. The van der Waals surface area contributed by atoms with Gasteiger partial charge in [0.25, 0.3) is 5.89 Å². The third-order valence-electron chi connectivity index (χ3n) is 3.77. The predicted octanol–water partition coefficient (Wildman–Crippen LogP) is 4.71. The largest absolute Gasteiger partial charge is 0.493 e.